The Hall–Kier alpha value is -2.69. The van der Waals surface area contributed by atoms with Crippen molar-refractivity contribution in [3.05, 3.63) is 62.7 Å². The van der Waals surface area contributed by atoms with Crippen LogP contribution in [0.5, 0.6) is 0 Å². The summed E-state index contributed by atoms with van der Waals surface area (Å²) < 4.78 is 28.0. The number of fused-ring (bicyclic) bond motifs is 1. The molecule has 0 bridgehead atoms. The van der Waals surface area contributed by atoms with Gasteiger partial charge in [0, 0.05) is 30.2 Å². The van der Waals surface area contributed by atoms with Gasteiger partial charge in [0.2, 0.25) is 0 Å². The lowest BCUT2D eigenvalue weighted by Gasteiger charge is -2.24. The summed E-state index contributed by atoms with van der Waals surface area (Å²) in [4.78, 5) is 31.7. The van der Waals surface area contributed by atoms with E-state index in [0.29, 0.717) is 6.54 Å². The zero-order valence-corrected chi connectivity index (χ0v) is 18.3. The topological polar surface area (TPSA) is 79.6 Å². The number of hydrogen-bond donors (Lipinski definition) is 0. The molecule has 0 saturated heterocycles. The molecule has 3 aromatic rings. The van der Waals surface area contributed by atoms with Gasteiger partial charge >= 0.3 is 0 Å². The van der Waals surface area contributed by atoms with Gasteiger partial charge in [0.05, 0.1) is 9.62 Å². The molecule has 164 valence electrons. The van der Waals surface area contributed by atoms with Crippen LogP contribution in [0, 0.1) is 21.7 Å². The lowest BCUT2D eigenvalue weighted by molar-refractivity contribution is -0.385. The molecule has 0 aliphatic rings. The molecule has 7 nitrogen and oxygen atoms in total. The summed E-state index contributed by atoms with van der Waals surface area (Å²) in [7, 11) is 0. The van der Waals surface area contributed by atoms with E-state index < -0.39 is 28.2 Å². The number of nitro benzene ring substituents is 1. The lowest BCUT2D eigenvalue weighted by Crippen LogP contribution is -2.39. The third-order valence-corrected chi connectivity index (χ3v) is 6.06. The van der Waals surface area contributed by atoms with Gasteiger partial charge in [0.15, 0.2) is 10.9 Å². The minimum absolute atomic E-state index is 0.0670. The second-order valence-corrected chi connectivity index (χ2v) is 8.08. The zero-order valence-electron chi connectivity index (χ0n) is 16.8. The van der Waals surface area contributed by atoms with E-state index >= 15 is 0 Å². The van der Waals surface area contributed by atoms with Crippen LogP contribution in [0.25, 0.3) is 10.2 Å². The second-order valence-electron chi connectivity index (χ2n) is 6.63. The number of benzene rings is 2. The molecule has 1 heterocycles. The largest absolute Gasteiger partial charge is 0.302 e. The quantitative estimate of drug-likeness (QED) is 0.338. The van der Waals surface area contributed by atoms with Gasteiger partial charge in [0.1, 0.15) is 16.9 Å². The summed E-state index contributed by atoms with van der Waals surface area (Å²) in [6, 6.07) is 5.56. The molecule has 0 saturated carbocycles. The molecule has 31 heavy (non-hydrogen) atoms. The summed E-state index contributed by atoms with van der Waals surface area (Å²) in [6.07, 6.45) is 0. The highest BCUT2D eigenvalue weighted by Gasteiger charge is 2.28. The molecule has 11 heteroatoms. The second kappa shape index (κ2) is 9.63. The Bertz CT molecular complexity index is 1140. The van der Waals surface area contributed by atoms with E-state index in [-0.39, 0.29) is 32.5 Å². The Kier molecular flexibility index (Phi) is 7.14. The normalized spacial score (nSPS) is 11.3. The van der Waals surface area contributed by atoms with Crippen molar-refractivity contribution >= 4 is 49.9 Å². The van der Waals surface area contributed by atoms with Crippen molar-refractivity contribution in [3.63, 3.8) is 0 Å². The molecule has 1 aromatic heterocycles. The SMILES string of the molecule is CCN(CC)CCN(C(=O)c1cc(Cl)ccc1[N+](=O)[O-])c1nc2c(F)cc(F)cc2s1. The monoisotopic (exact) mass is 468 g/mol. The van der Waals surface area contributed by atoms with E-state index in [9.17, 15) is 23.7 Å². The molecule has 0 radical (unpaired) electrons. The highest BCUT2D eigenvalue weighted by Crippen LogP contribution is 2.33. The summed E-state index contributed by atoms with van der Waals surface area (Å²) in [5, 5.41) is 11.7. The molecule has 0 atom stereocenters. The standard InChI is InChI=1S/C20H19ClF2N4O3S/c1-3-25(4-2)7-8-26(19(28)14-9-12(21)5-6-16(14)27(29)30)20-24-18-15(23)10-13(22)11-17(18)31-20/h5-6,9-11H,3-4,7-8H2,1-2H3. The molecule has 0 spiro atoms. The van der Waals surface area contributed by atoms with Crippen LogP contribution >= 0.6 is 22.9 Å². The molecule has 0 aliphatic carbocycles. The third kappa shape index (κ3) is 4.97. The van der Waals surface area contributed by atoms with Crippen molar-refractivity contribution in [2.75, 3.05) is 31.1 Å². The number of hydrogen-bond acceptors (Lipinski definition) is 6. The van der Waals surface area contributed by atoms with Crippen molar-refractivity contribution in [3.8, 4) is 0 Å². The third-order valence-electron chi connectivity index (χ3n) is 4.80. The maximum atomic E-state index is 14.2. The Morgan fingerprint density at radius 1 is 1.19 bits per heavy atom. The van der Waals surface area contributed by atoms with E-state index in [1.54, 1.807) is 0 Å². The van der Waals surface area contributed by atoms with Crippen LogP contribution in [-0.4, -0.2) is 46.9 Å². The van der Waals surface area contributed by atoms with Crippen molar-refractivity contribution in [2.45, 2.75) is 13.8 Å². The van der Waals surface area contributed by atoms with Gasteiger partial charge < -0.3 is 4.90 Å². The predicted octanol–water partition coefficient (Wildman–Crippen LogP) is 5.12. The molecule has 3 rings (SSSR count). The molecular weight excluding hydrogens is 450 g/mol. The number of carbonyl (C=O) groups excluding carboxylic acids is 1. The number of nitro groups is 1. The molecule has 0 unspecified atom stereocenters. The first-order valence-electron chi connectivity index (χ1n) is 9.48. The summed E-state index contributed by atoms with van der Waals surface area (Å²) in [5.74, 6) is -2.30. The molecule has 1 amide bonds. The first-order valence-corrected chi connectivity index (χ1v) is 10.7. The van der Waals surface area contributed by atoms with Crippen LogP contribution in [0.4, 0.5) is 19.6 Å². The number of anilines is 1. The maximum absolute atomic E-state index is 14.2. The first kappa shape index (κ1) is 23.0. The van der Waals surface area contributed by atoms with Gasteiger partial charge in [0.25, 0.3) is 11.6 Å². The minimum atomic E-state index is -0.845. The Morgan fingerprint density at radius 2 is 1.90 bits per heavy atom. The van der Waals surface area contributed by atoms with Gasteiger partial charge in [-0.3, -0.25) is 19.8 Å². The highest BCUT2D eigenvalue weighted by atomic mass is 35.5. The maximum Gasteiger partial charge on any atom is 0.282 e. The highest BCUT2D eigenvalue weighted by molar-refractivity contribution is 7.22. The molecule has 0 aliphatic heterocycles. The van der Waals surface area contributed by atoms with Gasteiger partial charge in [-0.15, -0.1) is 0 Å². The van der Waals surface area contributed by atoms with Crippen LogP contribution < -0.4 is 4.90 Å². The summed E-state index contributed by atoms with van der Waals surface area (Å²) >= 11 is 6.92. The van der Waals surface area contributed by atoms with Crippen molar-refractivity contribution in [1.82, 2.24) is 9.88 Å². The van der Waals surface area contributed by atoms with Gasteiger partial charge in [-0.05, 0) is 31.3 Å². The fourth-order valence-electron chi connectivity index (χ4n) is 3.11. The number of aromatic nitrogens is 1. The summed E-state index contributed by atoms with van der Waals surface area (Å²) in [5.41, 5.74) is -0.675. The number of amides is 1. The van der Waals surface area contributed by atoms with Crippen molar-refractivity contribution < 1.29 is 18.5 Å². The molecule has 0 N–H and O–H groups in total. The van der Waals surface area contributed by atoms with Gasteiger partial charge in [-0.1, -0.05) is 36.8 Å². The number of halogens is 3. The van der Waals surface area contributed by atoms with Gasteiger partial charge in [-0.2, -0.15) is 0 Å². The Morgan fingerprint density at radius 3 is 2.55 bits per heavy atom. The van der Waals surface area contributed by atoms with Crippen molar-refractivity contribution in [1.29, 1.82) is 0 Å². The van der Waals surface area contributed by atoms with Crippen LogP contribution in [0.2, 0.25) is 5.02 Å². The predicted molar refractivity (Wildman–Crippen MR) is 117 cm³/mol. The van der Waals surface area contributed by atoms with Crippen LogP contribution in [0.3, 0.4) is 0 Å². The van der Waals surface area contributed by atoms with E-state index in [1.165, 1.54) is 17.0 Å². The number of thiazole rings is 1. The fourth-order valence-corrected chi connectivity index (χ4v) is 4.31. The van der Waals surface area contributed by atoms with Gasteiger partial charge in [-0.25, -0.2) is 13.8 Å². The smallest absolute Gasteiger partial charge is 0.282 e. The van der Waals surface area contributed by atoms with Crippen LogP contribution in [-0.2, 0) is 0 Å². The number of nitrogens with zero attached hydrogens (tertiary/aromatic N) is 4. The molecular formula is C20H19ClF2N4O3S. The summed E-state index contributed by atoms with van der Waals surface area (Å²) in [6.45, 7) is 6.00. The first-order chi connectivity index (χ1) is 14.7. The lowest BCUT2D eigenvalue weighted by atomic mass is 10.1. The zero-order chi connectivity index (χ0) is 22.7. The Labute approximate surface area is 186 Å². The number of carbonyl (C=O) groups is 1. The molecule has 2 aromatic carbocycles. The van der Waals surface area contributed by atoms with E-state index in [2.05, 4.69) is 9.88 Å². The van der Waals surface area contributed by atoms with Crippen LogP contribution in [0.1, 0.15) is 24.2 Å². The van der Waals surface area contributed by atoms with E-state index in [4.69, 9.17) is 11.6 Å². The Balaban J connectivity index is 2.09. The number of likely N-dealkylation sites (N-methyl/N-ethyl adjacent to an activating group) is 1. The molecule has 0 fully saturated rings. The van der Waals surface area contributed by atoms with Crippen molar-refractivity contribution in [2.24, 2.45) is 0 Å². The minimum Gasteiger partial charge on any atom is -0.302 e. The average Bonchev–Trinajstić information content (AvgIpc) is 3.14. The number of rotatable bonds is 8. The van der Waals surface area contributed by atoms with E-state index in [1.807, 2.05) is 13.8 Å². The van der Waals surface area contributed by atoms with Crippen LogP contribution in [0.15, 0.2) is 30.3 Å². The van der Waals surface area contributed by atoms with E-state index in [0.717, 1.165) is 42.6 Å². The average molecular weight is 469 g/mol. The fraction of sp³-hybridized carbons (Fsp3) is 0.300.